The van der Waals surface area contributed by atoms with Crippen LogP contribution in [0.3, 0.4) is 0 Å². The van der Waals surface area contributed by atoms with Gasteiger partial charge in [-0.05, 0) is 31.9 Å². The van der Waals surface area contributed by atoms with Crippen LogP contribution in [-0.4, -0.2) is 39.5 Å². The predicted octanol–water partition coefficient (Wildman–Crippen LogP) is 1.54. The second-order valence-corrected chi connectivity index (χ2v) is 6.70. The van der Waals surface area contributed by atoms with Crippen LogP contribution in [0.2, 0.25) is 0 Å². The summed E-state index contributed by atoms with van der Waals surface area (Å²) in [5, 5.41) is 0. The van der Waals surface area contributed by atoms with E-state index in [0.29, 0.717) is 17.9 Å². The van der Waals surface area contributed by atoms with E-state index in [1.807, 2.05) is 6.07 Å². The molecule has 0 fully saturated rings. The third-order valence-corrected chi connectivity index (χ3v) is 5.45. The van der Waals surface area contributed by atoms with Gasteiger partial charge in [0.2, 0.25) is 10.0 Å². The number of hydrogen-bond donors (Lipinski definition) is 1. The molecule has 0 saturated carbocycles. The molecular weight excluding hydrogens is 264 g/mol. The van der Waals surface area contributed by atoms with Gasteiger partial charge in [0.1, 0.15) is 4.90 Å². The number of nitrogens with zero attached hydrogens (tertiary/aromatic N) is 1. The number of benzene rings is 1. The highest BCUT2D eigenvalue weighted by atomic mass is 32.2. The molecule has 0 amide bonds. The number of ether oxygens (including phenoxy) is 1. The molecule has 0 heterocycles. The maximum atomic E-state index is 12.6. The minimum Gasteiger partial charge on any atom is -0.397 e. The number of nitrogen functional groups attached to an aromatic ring is 1. The van der Waals surface area contributed by atoms with E-state index in [1.54, 1.807) is 41.0 Å². The van der Waals surface area contributed by atoms with Gasteiger partial charge in [-0.3, -0.25) is 0 Å². The van der Waals surface area contributed by atoms with Crippen molar-refractivity contribution in [1.29, 1.82) is 0 Å². The summed E-state index contributed by atoms with van der Waals surface area (Å²) in [4.78, 5) is 0.193. The Morgan fingerprint density at radius 3 is 2.37 bits per heavy atom. The molecule has 0 aliphatic heterocycles. The van der Waals surface area contributed by atoms with Gasteiger partial charge in [0, 0.05) is 20.2 Å². The number of aryl methyl sites for hydroxylation is 2. The van der Waals surface area contributed by atoms with Gasteiger partial charge in [0.25, 0.3) is 0 Å². The van der Waals surface area contributed by atoms with Crippen molar-refractivity contribution in [2.45, 2.75) is 31.7 Å². The minimum absolute atomic E-state index is 0.193. The molecule has 0 radical (unpaired) electrons. The average Bonchev–Trinajstić information content (AvgIpc) is 2.33. The topological polar surface area (TPSA) is 72.6 Å². The van der Waals surface area contributed by atoms with Crippen molar-refractivity contribution in [2.24, 2.45) is 0 Å². The first kappa shape index (κ1) is 15.9. The molecule has 1 unspecified atom stereocenters. The van der Waals surface area contributed by atoms with Crippen LogP contribution in [0.1, 0.15) is 18.1 Å². The molecule has 5 nitrogen and oxygen atoms in total. The quantitative estimate of drug-likeness (QED) is 0.833. The molecule has 0 bridgehead atoms. The zero-order valence-corrected chi connectivity index (χ0v) is 12.9. The number of likely N-dealkylation sites (N-methyl/N-ethyl adjacent to an activating group) is 1. The van der Waals surface area contributed by atoms with Gasteiger partial charge in [-0.1, -0.05) is 12.1 Å². The van der Waals surface area contributed by atoms with E-state index in [-0.39, 0.29) is 10.9 Å². The van der Waals surface area contributed by atoms with Crippen LogP contribution in [-0.2, 0) is 14.8 Å². The Labute approximate surface area is 115 Å². The molecule has 0 saturated heterocycles. The standard InChI is InChI=1S/C13H22N2O3S/c1-9-6-7-10(2)13(12(9)14)19(16,17)15(4)11(3)8-18-5/h6-7,11H,8,14H2,1-5H3. The summed E-state index contributed by atoms with van der Waals surface area (Å²) >= 11 is 0. The molecular formula is C13H22N2O3S. The molecule has 1 aromatic carbocycles. The Kier molecular flexibility index (Phi) is 4.95. The van der Waals surface area contributed by atoms with Crippen molar-refractivity contribution < 1.29 is 13.2 Å². The summed E-state index contributed by atoms with van der Waals surface area (Å²) in [5.41, 5.74) is 7.67. The van der Waals surface area contributed by atoms with Crippen molar-refractivity contribution in [3.8, 4) is 0 Å². The molecule has 1 rings (SSSR count). The normalized spacial score (nSPS) is 13.8. The fourth-order valence-electron chi connectivity index (χ4n) is 1.88. The van der Waals surface area contributed by atoms with Crippen molar-refractivity contribution in [3.63, 3.8) is 0 Å². The van der Waals surface area contributed by atoms with Gasteiger partial charge in [0.15, 0.2) is 0 Å². The molecule has 19 heavy (non-hydrogen) atoms. The third kappa shape index (κ3) is 3.08. The second-order valence-electron chi connectivity index (χ2n) is 4.77. The lowest BCUT2D eigenvalue weighted by Crippen LogP contribution is -2.38. The van der Waals surface area contributed by atoms with E-state index in [1.165, 1.54) is 4.31 Å². The number of rotatable bonds is 5. The highest BCUT2D eigenvalue weighted by Gasteiger charge is 2.29. The van der Waals surface area contributed by atoms with Crippen molar-refractivity contribution in [3.05, 3.63) is 23.3 Å². The highest BCUT2D eigenvalue weighted by Crippen LogP contribution is 2.28. The monoisotopic (exact) mass is 286 g/mol. The van der Waals surface area contributed by atoms with Crippen LogP contribution in [0, 0.1) is 13.8 Å². The zero-order chi connectivity index (χ0) is 14.8. The first-order valence-electron chi connectivity index (χ1n) is 6.06. The largest absolute Gasteiger partial charge is 0.397 e. The molecule has 108 valence electrons. The second kappa shape index (κ2) is 5.90. The van der Waals surface area contributed by atoms with Gasteiger partial charge in [-0.25, -0.2) is 8.42 Å². The van der Waals surface area contributed by atoms with E-state index in [2.05, 4.69) is 0 Å². The zero-order valence-electron chi connectivity index (χ0n) is 12.1. The van der Waals surface area contributed by atoms with E-state index < -0.39 is 10.0 Å². The van der Waals surface area contributed by atoms with Gasteiger partial charge in [-0.15, -0.1) is 0 Å². The minimum atomic E-state index is -3.62. The van der Waals surface area contributed by atoms with Gasteiger partial charge in [-0.2, -0.15) is 4.31 Å². The summed E-state index contributed by atoms with van der Waals surface area (Å²) < 4.78 is 31.6. The Hall–Kier alpha value is -1.11. The molecule has 2 N–H and O–H groups in total. The van der Waals surface area contributed by atoms with E-state index in [9.17, 15) is 8.42 Å². The van der Waals surface area contributed by atoms with Crippen molar-refractivity contribution in [2.75, 3.05) is 26.5 Å². The Bertz CT molecular complexity index is 555. The molecule has 1 atom stereocenters. The Balaban J connectivity index is 3.32. The van der Waals surface area contributed by atoms with E-state index in [0.717, 1.165) is 5.56 Å². The fourth-order valence-corrected chi connectivity index (χ4v) is 3.61. The smallest absolute Gasteiger partial charge is 0.245 e. The van der Waals surface area contributed by atoms with Gasteiger partial charge >= 0.3 is 0 Å². The van der Waals surface area contributed by atoms with Crippen LogP contribution in [0.25, 0.3) is 0 Å². The molecule has 0 aliphatic rings. The number of nitrogens with two attached hydrogens (primary N) is 1. The van der Waals surface area contributed by atoms with E-state index >= 15 is 0 Å². The predicted molar refractivity (Wildman–Crippen MR) is 76.6 cm³/mol. The molecule has 0 spiro atoms. The number of sulfonamides is 1. The van der Waals surface area contributed by atoms with Crippen molar-refractivity contribution >= 4 is 15.7 Å². The van der Waals surface area contributed by atoms with Gasteiger partial charge < -0.3 is 10.5 Å². The first-order valence-corrected chi connectivity index (χ1v) is 7.50. The number of anilines is 1. The van der Waals surface area contributed by atoms with Crippen LogP contribution in [0.15, 0.2) is 17.0 Å². The summed E-state index contributed by atoms with van der Waals surface area (Å²) in [5.74, 6) is 0. The van der Waals surface area contributed by atoms with Crippen LogP contribution >= 0.6 is 0 Å². The first-order chi connectivity index (χ1) is 8.73. The van der Waals surface area contributed by atoms with Crippen LogP contribution in [0.4, 0.5) is 5.69 Å². The molecule has 6 heteroatoms. The molecule has 0 aliphatic carbocycles. The Morgan fingerprint density at radius 1 is 1.32 bits per heavy atom. The van der Waals surface area contributed by atoms with Gasteiger partial charge in [0.05, 0.1) is 12.3 Å². The number of methoxy groups -OCH3 is 1. The lowest BCUT2D eigenvalue weighted by molar-refractivity contribution is 0.149. The summed E-state index contributed by atoms with van der Waals surface area (Å²) in [7, 11) is -0.529. The average molecular weight is 286 g/mol. The van der Waals surface area contributed by atoms with E-state index in [4.69, 9.17) is 10.5 Å². The lowest BCUT2D eigenvalue weighted by atomic mass is 10.1. The van der Waals surface area contributed by atoms with Crippen LogP contribution < -0.4 is 5.73 Å². The highest BCUT2D eigenvalue weighted by molar-refractivity contribution is 7.89. The fraction of sp³-hybridized carbons (Fsp3) is 0.538. The third-order valence-electron chi connectivity index (χ3n) is 3.28. The van der Waals surface area contributed by atoms with Crippen LogP contribution in [0.5, 0.6) is 0 Å². The maximum absolute atomic E-state index is 12.6. The van der Waals surface area contributed by atoms with Crippen molar-refractivity contribution in [1.82, 2.24) is 4.31 Å². The molecule has 0 aromatic heterocycles. The Morgan fingerprint density at radius 2 is 1.84 bits per heavy atom. The number of hydrogen-bond acceptors (Lipinski definition) is 4. The summed E-state index contributed by atoms with van der Waals surface area (Å²) in [6.45, 7) is 5.67. The summed E-state index contributed by atoms with van der Waals surface area (Å²) in [6.07, 6.45) is 0. The molecule has 1 aromatic rings. The summed E-state index contributed by atoms with van der Waals surface area (Å²) in [6, 6.07) is 3.34. The lowest BCUT2D eigenvalue weighted by Gasteiger charge is -2.25. The maximum Gasteiger partial charge on any atom is 0.245 e. The SMILES string of the molecule is COCC(C)N(C)S(=O)(=O)c1c(C)ccc(C)c1N.